The molecule has 1 aromatic rings. The Kier molecular flexibility index (Phi) is 11.1. The summed E-state index contributed by atoms with van der Waals surface area (Å²) in [7, 11) is 0. The summed E-state index contributed by atoms with van der Waals surface area (Å²) in [4.78, 5) is 2.44. The number of nitrogens with zero attached hydrogens (tertiary/aromatic N) is 1. The molecule has 0 aromatic heterocycles. The molecule has 2 rings (SSSR count). The number of hydrogen-bond acceptors (Lipinski definition) is 2. The molecular weight excluding hydrogens is 310 g/mol. The van der Waals surface area contributed by atoms with Crippen molar-refractivity contribution in [3.63, 3.8) is 0 Å². The van der Waals surface area contributed by atoms with E-state index in [1.807, 2.05) is 12.1 Å². The highest BCUT2D eigenvalue weighted by atomic mass is 35.5. The number of unbranched alkanes of at least 4 members (excludes halogenated alkanes) is 2. The molecule has 1 atom stereocenters. The van der Waals surface area contributed by atoms with Gasteiger partial charge in [-0.2, -0.15) is 0 Å². The van der Waals surface area contributed by atoms with Gasteiger partial charge in [0.2, 0.25) is 0 Å². The molecule has 122 valence electrons. The topological polar surface area (TPSA) is 15.3 Å². The zero-order chi connectivity index (χ0) is 13.5. The van der Waals surface area contributed by atoms with Crippen molar-refractivity contribution < 1.29 is 4.39 Å². The highest BCUT2D eigenvalue weighted by molar-refractivity contribution is 5.85. The molecule has 1 saturated heterocycles. The first-order valence-corrected chi connectivity index (χ1v) is 7.52. The predicted octanol–water partition coefficient (Wildman–Crippen LogP) is 4.20. The van der Waals surface area contributed by atoms with Gasteiger partial charge in [-0.15, -0.1) is 24.8 Å². The third kappa shape index (κ3) is 6.11. The van der Waals surface area contributed by atoms with Gasteiger partial charge in [-0.25, -0.2) is 4.39 Å². The van der Waals surface area contributed by atoms with E-state index in [0.717, 1.165) is 38.2 Å². The standard InChI is InChI=1S/C16H25FN2.2ClH/c1-2-3-4-9-16(19-12-10-18-11-13-19)14-7-5-6-8-15(14)17;;/h5-8,16,18H,2-4,9-13H2,1H3;2*1H/t16-;;/m1../s1. The van der Waals surface area contributed by atoms with Gasteiger partial charge in [0.05, 0.1) is 0 Å². The van der Waals surface area contributed by atoms with Crippen LogP contribution in [0.4, 0.5) is 4.39 Å². The zero-order valence-electron chi connectivity index (χ0n) is 12.7. The van der Waals surface area contributed by atoms with E-state index in [4.69, 9.17) is 0 Å². The largest absolute Gasteiger partial charge is 0.314 e. The lowest BCUT2D eigenvalue weighted by molar-refractivity contribution is 0.159. The van der Waals surface area contributed by atoms with E-state index >= 15 is 0 Å². The first kappa shape index (κ1) is 20.6. The summed E-state index contributed by atoms with van der Waals surface area (Å²) in [5, 5.41) is 3.37. The van der Waals surface area contributed by atoms with E-state index in [-0.39, 0.29) is 36.7 Å². The fraction of sp³-hybridized carbons (Fsp3) is 0.625. The molecule has 0 spiro atoms. The summed E-state index contributed by atoms with van der Waals surface area (Å²) < 4.78 is 14.1. The van der Waals surface area contributed by atoms with Crippen molar-refractivity contribution in [3.05, 3.63) is 35.6 Å². The molecule has 0 bridgehead atoms. The lowest BCUT2D eigenvalue weighted by atomic mass is 9.97. The van der Waals surface area contributed by atoms with Gasteiger partial charge in [-0.1, -0.05) is 44.4 Å². The van der Waals surface area contributed by atoms with E-state index in [0.29, 0.717) is 0 Å². The maximum atomic E-state index is 14.1. The number of hydrogen-bond donors (Lipinski definition) is 1. The smallest absolute Gasteiger partial charge is 0.127 e. The van der Waals surface area contributed by atoms with Crippen LogP contribution in [-0.2, 0) is 0 Å². The van der Waals surface area contributed by atoms with E-state index in [9.17, 15) is 4.39 Å². The van der Waals surface area contributed by atoms with Crippen LogP contribution in [0, 0.1) is 5.82 Å². The molecular formula is C16H27Cl2FN2. The quantitative estimate of drug-likeness (QED) is 0.783. The summed E-state index contributed by atoms with van der Waals surface area (Å²) >= 11 is 0. The molecule has 0 aliphatic carbocycles. The molecule has 1 fully saturated rings. The van der Waals surface area contributed by atoms with Gasteiger partial charge in [0.1, 0.15) is 5.82 Å². The molecule has 5 heteroatoms. The van der Waals surface area contributed by atoms with Crippen LogP contribution < -0.4 is 5.32 Å². The normalized spacial score (nSPS) is 16.7. The van der Waals surface area contributed by atoms with Gasteiger partial charge >= 0.3 is 0 Å². The van der Waals surface area contributed by atoms with Gasteiger partial charge in [-0.3, -0.25) is 4.90 Å². The molecule has 21 heavy (non-hydrogen) atoms. The minimum Gasteiger partial charge on any atom is -0.314 e. The molecule has 0 unspecified atom stereocenters. The second kappa shape index (κ2) is 11.2. The van der Waals surface area contributed by atoms with Gasteiger partial charge in [0, 0.05) is 37.8 Å². The van der Waals surface area contributed by atoms with Crippen LogP contribution in [0.2, 0.25) is 0 Å². The van der Waals surface area contributed by atoms with Crippen molar-refractivity contribution in [3.8, 4) is 0 Å². The number of benzene rings is 1. The average Bonchev–Trinajstić information content (AvgIpc) is 2.46. The third-order valence-electron chi connectivity index (χ3n) is 3.94. The number of piperazine rings is 1. The Morgan fingerprint density at radius 2 is 1.81 bits per heavy atom. The molecule has 1 aliphatic heterocycles. The molecule has 2 nitrogen and oxygen atoms in total. The summed E-state index contributed by atoms with van der Waals surface area (Å²) in [5.41, 5.74) is 0.875. The van der Waals surface area contributed by atoms with Crippen LogP contribution in [0.5, 0.6) is 0 Å². The average molecular weight is 337 g/mol. The number of rotatable bonds is 6. The van der Waals surface area contributed by atoms with Crippen LogP contribution in [0.1, 0.15) is 44.2 Å². The molecule has 1 aromatic carbocycles. The first-order chi connectivity index (χ1) is 9.33. The van der Waals surface area contributed by atoms with Crippen LogP contribution >= 0.6 is 24.8 Å². The van der Waals surface area contributed by atoms with Gasteiger partial charge in [-0.05, 0) is 12.5 Å². The molecule has 1 aliphatic rings. The van der Waals surface area contributed by atoms with Crippen molar-refractivity contribution in [2.24, 2.45) is 0 Å². The summed E-state index contributed by atoms with van der Waals surface area (Å²) in [6.07, 6.45) is 4.69. The lowest BCUT2D eigenvalue weighted by Gasteiger charge is -2.35. The maximum absolute atomic E-state index is 14.1. The summed E-state index contributed by atoms with van der Waals surface area (Å²) in [6.45, 7) is 6.27. The Labute approximate surface area is 140 Å². The van der Waals surface area contributed by atoms with Gasteiger partial charge in [0.15, 0.2) is 0 Å². The maximum Gasteiger partial charge on any atom is 0.127 e. The van der Waals surface area contributed by atoms with Crippen LogP contribution in [0.3, 0.4) is 0 Å². The Balaban J connectivity index is 0.00000200. The highest BCUT2D eigenvalue weighted by Gasteiger charge is 2.23. The summed E-state index contributed by atoms with van der Waals surface area (Å²) in [6, 6.07) is 7.51. The van der Waals surface area contributed by atoms with Crippen LogP contribution in [0.15, 0.2) is 24.3 Å². The molecule has 0 radical (unpaired) electrons. The number of halogens is 3. The zero-order valence-corrected chi connectivity index (χ0v) is 14.3. The summed E-state index contributed by atoms with van der Waals surface area (Å²) in [5.74, 6) is -0.0532. The Morgan fingerprint density at radius 1 is 1.14 bits per heavy atom. The van der Waals surface area contributed by atoms with Crippen molar-refractivity contribution in [1.82, 2.24) is 10.2 Å². The second-order valence-corrected chi connectivity index (χ2v) is 5.32. The van der Waals surface area contributed by atoms with E-state index in [1.165, 1.54) is 19.3 Å². The molecule has 1 heterocycles. The van der Waals surface area contributed by atoms with Crippen molar-refractivity contribution in [2.45, 2.75) is 38.6 Å². The highest BCUT2D eigenvalue weighted by Crippen LogP contribution is 2.28. The van der Waals surface area contributed by atoms with Gasteiger partial charge in [0.25, 0.3) is 0 Å². The predicted molar refractivity (Wildman–Crippen MR) is 92.2 cm³/mol. The molecule has 0 saturated carbocycles. The Bertz CT molecular complexity index is 384. The Hall–Kier alpha value is -0.350. The van der Waals surface area contributed by atoms with Crippen LogP contribution in [-0.4, -0.2) is 31.1 Å². The number of nitrogens with one attached hydrogen (secondary N) is 1. The second-order valence-electron chi connectivity index (χ2n) is 5.32. The minimum absolute atomic E-state index is 0. The van der Waals surface area contributed by atoms with Crippen molar-refractivity contribution in [2.75, 3.05) is 26.2 Å². The Morgan fingerprint density at radius 3 is 2.43 bits per heavy atom. The fourth-order valence-electron chi connectivity index (χ4n) is 2.86. The van der Waals surface area contributed by atoms with E-state index < -0.39 is 0 Å². The van der Waals surface area contributed by atoms with E-state index in [1.54, 1.807) is 12.1 Å². The monoisotopic (exact) mass is 336 g/mol. The van der Waals surface area contributed by atoms with Crippen molar-refractivity contribution >= 4 is 24.8 Å². The van der Waals surface area contributed by atoms with Gasteiger partial charge < -0.3 is 5.32 Å². The minimum atomic E-state index is -0.0532. The van der Waals surface area contributed by atoms with E-state index in [2.05, 4.69) is 17.1 Å². The SMILES string of the molecule is CCCCC[C@H](c1ccccc1F)N1CCNCC1.Cl.Cl. The molecule has 1 N–H and O–H groups in total. The van der Waals surface area contributed by atoms with Crippen molar-refractivity contribution in [1.29, 1.82) is 0 Å². The lowest BCUT2D eigenvalue weighted by Crippen LogP contribution is -2.45. The molecule has 0 amide bonds. The fourth-order valence-corrected chi connectivity index (χ4v) is 2.86. The third-order valence-corrected chi connectivity index (χ3v) is 3.94. The first-order valence-electron chi connectivity index (χ1n) is 7.52. The van der Waals surface area contributed by atoms with Crippen LogP contribution in [0.25, 0.3) is 0 Å².